The molecule has 10 rings (SSSR count). The average molecular weight is 2300 g/mol. The van der Waals surface area contributed by atoms with Crippen LogP contribution in [0.25, 0.3) is 0 Å². The summed E-state index contributed by atoms with van der Waals surface area (Å²) in [7, 11) is 47.7. The van der Waals surface area contributed by atoms with Gasteiger partial charge in [-0.05, 0) is 227 Å². The Bertz CT molecular complexity index is 5190. The van der Waals surface area contributed by atoms with Gasteiger partial charge in [0.15, 0.2) is 0 Å². The Morgan fingerprint density at radius 1 is 0.223 bits per heavy atom. The first-order valence-electron chi connectivity index (χ1n) is 38.3. The first-order valence-corrected chi connectivity index (χ1v) is 64.7. The van der Waals surface area contributed by atoms with E-state index >= 15 is 0 Å². The molecule has 5 N–H and O–H groups in total. The number of aryl methyl sites for hydroxylation is 9. The van der Waals surface area contributed by atoms with Crippen LogP contribution < -0.4 is 53.0 Å². The Morgan fingerprint density at radius 3 is 0.785 bits per heavy atom. The SMILES string of the molecule is Cc1cc(C(C)(C)C)cc(Pc2c(C)cccc2C(F)(F)F)c1O.Cc1cc(C)c(O)c(Pc2c(C)cccc2C(F)(F)F)c1.Cc1cc(Pc2c(C)cccc2C(F)(F)F)c(O)c(C(C)(C)C)c1.Cc1ccc(Pc2ccccc2O)c(C(F)(F)F)c1.Cc1cccc(C(F)(F)F)c1Pc1cc(C(C)(C)C)cc(C(C)(C)C)c1O.[Cl][Ti][Cl].[Cl][Ti][Cl].[Cl][Ti][Cl].[Cl][Ti][Cl].[Cl][Ti][Cl]. The second kappa shape index (κ2) is 57.6. The van der Waals surface area contributed by atoms with Crippen molar-refractivity contribution in [3.05, 3.63) is 264 Å². The zero-order valence-corrected chi connectivity index (χ0v) is 94.6. The monoisotopic (exact) mass is 2290 g/mol. The molecule has 0 saturated heterocycles. The molecule has 0 spiro atoms. The van der Waals surface area contributed by atoms with E-state index < -0.39 is 144 Å². The van der Waals surface area contributed by atoms with Gasteiger partial charge in [0.25, 0.3) is 0 Å². The molecule has 5 nitrogen and oxygen atoms in total. The van der Waals surface area contributed by atoms with E-state index in [0.29, 0.717) is 65.5 Å². The number of phenols is 5. The third-order valence-corrected chi connectivity index (χ3v) is 26.1. The summed E-state index contributed by atoms with van der Waals surface area (Å²) >= 11 is -2.78. The molecule has 0 aliphatic rings. The van der Waals surface area contributed by atoms with Gasteiger partial charge in [0.05, 0.1) is 27.8 Å². The fourth-order valence-corrected chi connectivity index (χ4v) is 19.1. The van der Waals surface area contributed by atoms with Gasteiger partial charge in [0, 0.05) is 37.6 Å². The quantitative estimate of drug-likeness (QED) is 0.0534. The van der Waals surface area contributed by atoms with E-state index in [1.165, 1.54) is 36.4 Å². The molecule has 5 unspecified atom stereocenters. The van der Waals surface area contributed by atoms with Crippen molar-refractivity contribution in [2.75, 3.05) is 0 Å². The summed E-state index contributed by atoms with van der Waals surface area (Å²) in [6.07, 6.45) is -22.0. The number of rotatable bonds is 10. The third-order valence-electron chi connectivity index (χ3n) is 18.5. The molecule has 10 aromatic carbocycles. The van der Waals surface area contributed by atoms with Gasteiger partial charge >= 0.3 is 209 Å². The maximum atomic E-state index is 13.5. The predicted molar refractivity (Wildman–Crippen MR) is 512 cm³/mol. The summed E-state index contributed by atoms with van der Waals surface area (Å²) in [4.78, 5) is 0. The van der Waals surface area contributed by atoms with Gasteiger partial charge in [0.1, 0.15) is 28.7 Å². The normalized spacial score (nSPS) is 11.9. The van der Waals surface area contributed by atoms with E-state index in [2.05, 4.69) is 20.8 Å². The van der Waals surface area contributed by atoms with Gasteiger partial charge in [0.2, 0.25) is 0 Å². The Hall–Kier alpha value is -1.23. The number of aromatic hydroxyl groups is 5. The molecule has 0 aliphatic carbocycles. The van der Waals surface area contributed by atoms with Crippen LogP contribution in [0.15, 0.2) is 164 Å². The van der Waals surface area contributed by atoms with Crippen LogP contribution in [0.1, 0.15) is 183 Å². The number of halogens is 25. The number of alkyl halides is 15. The summed E-state index contributed by atoms with van der Waals surface area (Å²) in [6.45, 7) is 39.8. The molecule has 0 saturated carbocycles. The molecule has 40 heteroatoms. The van der Waals surface area contributed by atoms with Crippen LogP contribution in [-0.2, 0) is 138 Å². The van der Waals surface area contributed by atoms with Crippen molar-refractivity contribution < 1.29 is 177 Å². The van der Waals surface area contributed by atoms with Crippen LogP contribution in [0.2, 0.25) is 0 Å². The molecule has 10 aromatic rings. The number of hydrogen-bond acceptors (Lipinski definition) is 5. The number of para-hydroxylation sites is 1. The van der Waals surface area contributed by atoms with E-state index in [0.717, 1.165) is 63.7 Å². The third kappa shape index (κ3) is 42.7. The molecule has 0 radical (unpaired) electrons. The van der Waals surface area contributed by atoms with Crippen LogP contribution in [-0.4, -0.2) is 25.5 Å². The summed E-state index contributed by atoms with van der Waals surface area (Å²) in [5, 5.41) is 55.5. The van der Waals surface area contributed by atoms with Gasteiger partial charge in [-0.15, -0.1) is 0 Å². The van der Waals surface area contributed by atoms with Crippen LogP contribution in [0.4, 0.5) is 65.9 Å². The molecule has 0 fully saturated rings. The van der Waals surface area contributed by atoms with Crippen molar-refractivity contribution in [2.24, 2.45) is 0 Å². The van der Waals surface area contributed by atoms with Crippen LogP contribution in [0.5, 0.6) is 28.7 Å². The Morgan fingerprint density at radius 2 is 0.485 bits per heavy atom. The van der Waals surface area contributed by atoms with Crippen LogP contribution in [0, 0.1) is 62.3 Å². The van der Waals surface area contributed by atoms with Crippen LogP contribution in [0.3, 0.4) is 0 Å². The molecule has 5 atom stereocenters. The second-order valence-corrected chi connectivity index (χ2v) is 52.2. The maximum absolute atomic E-state index is 13.5. The van der Waals surface area contributed by atoms with Crippen molar-refractivity contribution in [3.63, 3.8) is 0 Å². The summed E-state index contributed by atoms with van der Waals surface area (Å²) < 4.78 is 199. The van der Waals surface area contributed by atoms with Gasteiger partial charge in [-0.3, -0.25) is 0 Å². The zero-order valence-electron chi connectivity index (χ0n) is 74.3. The van der Waals surface area contributed by atoms with Crippen molar-refractivity contribution in [3.8, 4) is 28.7 Å². The van der Waals surface area contributed by atoms with Crippen molar-refractivity contribution in [1.82, 2.24) is 0 Å². The number of benzene rings is 10. The molecule has 0 heterocycles. The fraction of sp³-hybridized carbons (Fsp3) is 0.333. The summed E-state index contributed by atoms with van der Waals surface area (Å²) in [5.74, 6) is 0.385. The summed E-state index contributed by atoms with van der Waals surface area (Å²) in [5.41, 5.74) is 5.61. The van der Waals surface area contributed by atoms with Crippen molar-refractivity contribution in [2.45, 2.75) is 198 Å². The van der Waals surface area contributed by atoms with E-state index in [9.17, 15) is 91.4 Å². The molecule has 0 aromatic heterocycles. The molecule has 710 valence electrons. The molecular weight excluding hydrogens is 2190 g/mol. The first kappa shape index (κ1) is 127. The van der Waals surface area contributed by atoms with Gasteiger partial charge in [-0.2, -0.15) is 65.9 Å². The van der Waals surface area contributed by atoms with Gasteiger partial charge < -0.3 is 25.5 Å². The Labute approximate surface area is 846 Å². The standard InChI is InChI=1S/C22H28F3OP.2C19H22F3OP.C16H16F3OP.C14H12F3OP.10ClH.5Ti/c1-13-9-8-10-15(22(23,24)25)19(13)27-17-12-14(20(2,3)4)11-16(18(17)26)21(5,6)7;1-11-9-14(18(3,4)5)16(23)15(10-11)24-17-12(2)7-6-8-13(17)19(20,21)22;1-11-7-6-8-14(19(20,21)22)17(11)24-15-10-13(18(3,4)5)9-12(2)16(15)23;1-9-7-11(3)14(20)13(8-9)21-15-10(2)5-4-6-12(15)16(17,18)19;1-9-6-7-12(10(8-9)14(15,16)17)19-13-5-3-2-4-11(13)18;;;;;;;;;;;;;;;/h8-12,26-27H,1-7H3;2*6-10,23-24H,1-5H3;4-8,20-21H,1-3H3;2-8,18-19H,1H3;10*1H;;;;;/q;;;;;;;;;;;;;;;5*+2/p-10. The second-order valence-electron chi connectivity index (χ2n) is 32.8. The molecule has 0 aliphatic heterocycles. The molecule has 130 heavy (non-hydrogen) atoms. The first-order chi connectivity index (χ1) is 59.6. The molecule has 0 amide bonds. The fourth-order valence-electron chi connectivity index (χ4n) is 12.1. The molecular formula is C90H100Cl10F15O5P5Ti5. The van der Waals surface area contributed by atoms with E-state index in [1.807, 2.05) is 113 Å². The van der Waals surface area contributed by atoms with E-state index in [-0.39, 0.29) is 120 Å². The minimum absolute atomic E-state index is 0.0227. The van der Waals surface area contributed by atoms with E-state index in [4.69, 9.17) is 93.0 Å². The predicted octanol–water partition coefficient (Wildman–Crippen LogP) is 30.0. The Balaban J connectivity index is 0.000000783. The van der Waals surface area contributed by atoms with Gasteiger partial charge in [-0.25, -0.2) is 0 Å². The van der Waals surface area contributed by atoms with Crippen LogP contribution >= 0.6 is 136 Å². The topological polar surface area (TPSA) is 101 Å². The average Bonchev–Trinajstić information content (AvgIpc) is 0.745. The van der Waals surface area contributed by atoms with Crippen molar-refractivity contribution >= 4 is 189 Å². The number of hydrogen-bond donors (Lipinski definition) is 5. The summed E-state index contributed by atoms with van der Waals surface area (Å²) in [6, 6.07) is 42.3. The number of phenolic OH excluding ortho intramolecular Hbond substituents is 5. The minimum atomic E-state index is -4.42. The van der Waals surface area contributed by atoms with E-state index in [1.54, 1.807) is 109 Å². The molecule has 0 bridgehead atoms. The zero-order chi connectivity index (χ0) is 101. The Kier molecular flexibility index (Phi) is 56.2. The van der Waals surface area contributed by atoms with Gasteiger partial charge in [-0.1, -0.05) is 235 Å². The van der Waals surface area contributed by atoms with Crippen molar-refractivity contribution in [1.29, 1.82) is 0 Å².